The number of halogens is 6. The molecule has 0 fully saturated rings. The van der Waals surface area contributed by atoms with Crippen molar-refractivity contribution in [3.63, 3.8) is 0 Å². The van der Waals surface area contributed by atoms with Gasteiger partial charge in [0.05, 0.1) is 11.1 Å². The van der Waals surface area contributed by atoms with E-state index in [9.17, 15) is 26.3 Å². The third kappa shape index (κ3) is 2.48. The Labute approximate surface area is 87.9 Å². The van der Waals surface area contributed by atoms with Gasteiger partial charge >= 0.3 is 12.4 Å². The summed E-state index contributed by atoms with van der Waals surface area (Å²) in [4.78, 5) is 0. The second-order valence-electron chi connectivity index (χ2n) is 3.50. The highest BCUT2D eigenvalue weighted by atomic mass is 19.4. The van der Waals surface area contributed by atoms with Crippen LogP contribution in [0.1, 0.15) is 22.3 Å². The summed E-state index contributed by atoms with van der Waals surface area (Å²) in [7, 11) is 0. The lowest BCUT2D eigenvalue weighted by molar-refractivity contribution is -0.162. The van der Waals surface area contributed by atoms with Crippen LogP contribution in [0.25, 0.3) is 0 Å². The highest BCUT2D eigenvalue weighted by molar-refractivity contribution is 5.41. The zero-order valence-corrected chi connectivity index (χ0v) is 8.42. The summed E-state index contributed by atoms with van der Waals surface area (Å²) in [6.07, 6.45) is -10.00. The minimum atomic E-state index is -5.00. The first kappa shape index (κ1) is 12.9. The van der Waals surface area contributed by atoms with Gasteiger partial charge in [0.25, 0.3) is 0 Å². The molecule has 0 N–H and O–H groups in total. The van der Waals surface area contributed by atoms with Crippen molar-refractivity contribution in [2.75, 3.05) is 0 Å². The van der Waals surface area contributed by atoms with E-state index >= 15 is 0 Å². The van der Waals surface area contributed by atoms with E-state index in [0.29, 0.717) is 6.07 Å². The summed E-state index contributed by atoms with van der Waals surface area (Å²) < 4.78 is 74.7. The van der Waals surface area contributed by atoms with E-state index in [-0.39, 0.29) is 5.56 Å². The van der Waals surface area contributed by atoms with Gasteiger partial charge < -0.3 is 0 Å². The number of benzene rings is 1. The molecule has 0 atom stereocenters. The van der Waals surface area contributed by atoms with E-state index in [1.165, 1.54) is 6.92 Å². The summed E-state index contributed by atoms with van der Waals surface area (Å²) in [5.74, 6) is 0. The van der Waals surface area contributed by atoms with E-state index in [1.54, 1.807) is 0 Å². The van der Waals surface area contributed by atoms with Gasteiger partial charge in [0.2, 0.25) is 0 Å². The van der Waals surface area contributed by atoms with Gasteiger partial charge in [-0.2, -0.15) is 26.3 Å². The quantitative estimate of drug-likeness (QED) is 0.593. The summed E-state index contributed by atoms with van der Waals surface area (Å²) >= 11 is 0. The molecule has 0 aliphatic carbocycles. The molecule has 90 valence electrons. The molecule has 1 rings (SSSR count). The average Bonchev–Trinajstić information content (AvgIpc) is 1.97. The molecule has 0 saturated carbocycles. The number of rotatable bonds is 0. The molecule has 0 aliphatic rings. The fourth-order valence-electron chi connectivity index (χ4n) is 1.57. The fourth-order valence-corrected chi connectivity index (χ4v) is 1.57. The summed E-state index contributed by atoms with van der Waals surface area (Å²) in [6, 6.07) is 1.59. The first-order valence-electron chi connectivity index (χ1n) is 4.29. The summed E-state index contributed by atoms with van der Waals surface area (Å²) in [6.45, 7) is 2.34. The van der Waals surface area contributed by atoms with Crippen LogP contribution in [0.4, 0.5) is 26.3 Å². The lowest BCUT2D eigenvalue weighted by atomic mass is 9.98. The molecule has 16 heavy (non-hydrogen) atoms. The van der Waals surface area contributed by atoms with Crippen LogP contribution in [0.3, 0.4) is 0 Å². The second kappa shape index (κ2) is 3.68. The molecule has 0 aliphatic heterocycles. The molecule has 6 heteroatoms. The van der Waals surface area contributed by atoms with E-state index < -0.39 is 29.0 Å². The molecule has 0 aromatic heterocycles. The Morgan fingerprint density at radius 3 is 1.69 bits per heavy atom. The predicted molar refractivity (Wildman–Crippen MR) is 45.9 cm³/mol. The van der Waals surface area contributed by atoms with Crippen molar-refractivity contribution in [3.05, 3.63) is 34.4 Å². The Bertz CT molecular complexity index is 399. The molecule has 0 heterocycles. The normalized spacial score (nSPS) is 13.0. The third-order valence-electron chi connectivity index (χ3n) is 2.07. The van der Waals surface area contributed by atoms with Crippen molar-refractivity contribution in [2.24, 2.45) is 0 Å². The number of hydrogen-bond acceptors (Lipinski definition) is 0. The van der Waals surface area contributed by atoms with Gasteiger partial charge in [-0.15, -0.1) is 0 Å². The summed E-state index contributed by atoms with van der Waals surface area (Å²) in [5, 5.41) is 0. The van der Waals surface area contributed by atoms with Crippen LogP contribution in [-0.2, 0) is 12.4 Å². The van der Waals surface area contributed by atoms with Gasteiger partial charge in [-0.3, -0.25) is 0 Å². The van der Waals surface area contributed by atoms with Gasteiger partial charge in [0.1, 0.15) is 0 Å². The monoisotopic (exact) mass is 242 g/mol. The van der Waals surface area contributed by atoms with Gasteiger partial charge in [-0.05, 0) is 25.5 Å². The van der Waals surface area contributed by atoms with Crippen molar-refractivity contribution < 1.29 is 26.3 Å². The molecule has 0 bridgehead atoms. The summed E-state index contributed by atoms with van der Waals surface area (Å²) in [5.41, 5.74) is -3.50. The van der Waals surface area contributed by atoms with E-state index in [1.807, 2.05) is 0 Å². The minimum absolute atomic E-state index is 0.151. The van der Waals surface area contributed by atoms with Crippen LogP contribution in [0.15, 0.2) is 12.1 Å². The van der Waals surface area contributed by atoms with E-state index in [4.69, 9.17) is 0 Å². The maximum absolute atomic E-state index is 12.5. The number of hydrogen-bond donors (Lipinski definition) is 0. The molecule has 0 saturated heterocycles. The first-order valence-corrected chi connectivity index (χ1v) is 4.29. The molecule has 1 aromatic rings. The van der Waals surface area contributed by atoms with E-state index in [0.717, 1.165) is 13.0 Å². The van der Waals surface area contributed by atoms with Crippen LogP contribution < -0.4 is 0 Å². The van der Waals surface area contributed by atoms with Crippen molar-refractivity contribution in [1.82, 2.24) is 0 Å². The Balaban J connectivity index is 3.58. The maximum Gasteiger partial charge on any atom is 0.417 e. The highest BCUT2D eigenvalue weighted by Crippen LogP contribution is 2.42. The maximum atomic E-state index is 12.5. The van der Waals surface area contributed by atoms with Crippen molar-refractivity contribution >= 4 is 0 Å². The predicted octanol–water partition coefficient (Wildman–Crippen LogP) is 4.34. The Morgan fingerprint density at radius 2 is 1.31 bits per heavy atom. The standard InChI is InChI=1S/C10H8F6/c1-5-3-6(2)8(10(14,15)16)7(4-5)9(11,12)13/h3-4H,1-2H3. The SMILES string of the molecule is Cc1cc(C)c(C(F)(F)F)c(C(F)(F)F)c1. The molecule has 0 unspecified atom stereocenters. The lowest BCUT2D eigenvalue weighted by Gasteiger charge is -2.18. The van der Waals surface area contributed by atoms with Crippen molar-refractivity contribution in [3.8, 4) is 0 Å². The van der Waals surface area contributed by atoms with Crippen molar-refractivity contribution in [1.29, 1.82) is 0 Å². The number of aryl methyl sites for hydroxylation is 2. The topological polar surface area (TPSA) is 0 Å². The molecular weight excluding hydrogens is 234 g/mol. The second-order valence-corrected chi connectivity index (χ2v) is 3.50. The largest absolute Gasteiger partial charge is 0.417 e. The Morgan fingerprint density at radius 1 is 0.812 bits per heavy atom. The van der Waals surface area contributed by atoms with E-state index in [2.05, 4.69) is 0 Å². The lowest BCUT2D eigenvalue weighted by Crippen LogP contribution is -2.18. The zero-order chi connectivity index (χ0) is 12.7. The zero-order valence-electron chi connectivity index (χ0n) is 8.42. The smallest absolute Gasteiger partial charge is 0.166 e. The highest BCUT2D eigenvalue weighted by Gasteiger charge is 2.44. The molecule has 1 aromatic carbocycles. The van der Waals surface area contributed by atoms with Crippen LogP contribution in [0, 0.1) is 13.8 Å². The van der Waals surface area contributed by atoms with Crippen LogP contribution in [0.2, 0.25) is 0 Å². The first-order chi connectivity index (χ1) is 7.03. The molecule has 0 radical (unpaired) electrons. The fraction of sp³-hybridized carbons (Fsp3) is 0.400. The molecule has 0 spiro atoms. The van der Waals surface area contributed by atoms with Gasteiger partial charge in [0, 0.05) is 0 Å². The third-order valence-corrected chi connectivity index (χ3v) is 2.07. The number of alkyl halides is 6. The van der Waals surface area contributed by atoms with Crippen molar-refractivity contribution in [2.45, 2.75) is 26.2 Å². The molecular formula is C10H8F6. The Hall–Kier alpha value is -1.20. The van der Waals surface area contributed by atoms with Crippen LogP contribution >= 0.6 is 0 Å². The average molecular weight is 242 g/mol. The van der Waals surface area contributed by atoms with Gasteiger partial charge in [-0.25, -0.2) is 0 Å². The van der Waals surface area contributed by atoms with Crippen LogP contribution in [-0.4, -0.2) is 0 Å². The van der Waals surface area contributed by atoms with Gasteiger partial charge in [-0.1, -0.05) is 11.6 Å². The molecule has 0 nitrogen and oxygen atoms in total. The Kier molecular flexibility index (Phi) is 2.96. The van der Waals surface area contributed by atoms with Crippen LogP contribution in [0.5, 0.6) is 0 Å². The minimum Gasteiger partial charge on any atom is -0.166 e. The molecule has 0 amide bonds. The van der Waals surface area contributed by atoms with Gasteiger partial charge in [0.15, 0.2) is 0 Å².